The van der Waals surface area contributed by atoms with Crippen molar-refractivity contribution in [3.8, 4) is 5.75 Å². The number of allylic oxidation sites excluding steroid dienone is 1. The summed E-state index contributed by atoms with van der Waals surface area (Å²) in [7, 11) is 0. The largest absolute Gasteiger partial charge is 0.508 e. The quantitative estimate of drug-likeness (QED) is 0.580. The van der Waals surface area contributed by atoms with Gasteiger partial charge in [0.2, 0.25) is 0 Å². The molecule has 1 N–H and O–H groups in total. The number of carbonyl (C=O) groups excluding carboxylic acids is 1. The van der Waals surface area contributed by atoms with Crippen molar-refractivity contribution < 1.29 is 9.90 Å². The van der Waals surface area contributed by atoms with E-state index in [1.54, 1.807) is 6.07 Å². The van der Waals surface area contributed by atoms with Crippen LogP contribution in [0.25, 0.3) is 0 Å². The second-order valence-corrected chi connectivity index (χ2v) is 8.98. The van der Waals surface area contributed by atoms with Crippen molar-refractivity contribution in [1.82, 2.24) is 14.7 Å². The lowest BCUT2D eigenvalue weighted by Gasteiger charge is -2.47. The van der Waals surface area contributed by atoms with Crippen LogP contribution in [0, 0.1) is 0 Å². The van der Waals surface area contributed by atoms with Crippen LogP contribution in [0.15, 0.2) is 60.7 Å². The van der Waals surface area contributed by atoms with Gasteiger partial charge in [0.15, 0.2) is 0 Å². The number of piperazine rings is 1. The fraction of sp³-hybridized carbons (Fsp3) is 0.464. The monoisotopic (exact) mass is 449 g/mol. The molecule has 0 spiro atoms. The fourth-order valence-electron chi connectivity index (χ4n) is 5.09. The predicted octanol–water partition coefficient (Wildman–Crippen LogP) is 4.93. The third kappa shape index (κ3) is 5.66. The molecular weight excluding hydrogens is 410 g/mol. The van der Waals surface area contributed by atoms with Gasteiger partial charge >= 0.3 is 0 Å². The molecule has 2 aromatic carbocycles. The first-order valence-electron chi connectivity index (χ1n) is 12.2. The van der Waals surface area contributed by atoms with E-state index in [1.165, 1.54) is 0 Å². The van der Waals surface area contributed by atoms with Crippen LogP contribution in [0.4, 0.5) is 0 Å². The van der Waals surface area contributed by atoms with Crippen LogP contribution in [-0.4, -0.2) is 70.5 Å². The number of rotatable bonds is 8. The Bertz CT molecular complexity index is 942. The highest BCUT2D eigenvalue weighted by molar-refractivity contribution is 5.96. The molecule has 5 nitrogen and oxygen atoms in total. The number of phenolic OH excluding ortho intramolecular Hbond substituents is 1. The lowest BCUT2D eigenvalue weighted by atomic mass is 9.90. The average Bonchev–Trinajstić information content (AvgIpc) is 2.80. The van der Waals surface area contributed by atoms with E-state index in [9.17, 15) is 9.90 Å². The van der Waals surface area contributed by atoms with Gasteiger partial charge in [0, 0.05) is 50.4 Å². The lowest BCUT2D eigenvalue weighted by Crippen LogP contribution is -2.57. The summed E-state index contributed by atoms with van der Waals surface area (Å²) in [6.07, 6.45) is 4.32. The Labute approximate surface area is 199 Å². The van der Waals surface area contributed by atoms with Crippen LogP contribution in [0.5, 0.6) is 5.75 Å². The highest BCUT2D eigenvalue weighted by atomic mass is 16.3. The molecule has 3 rings (SSSR count). The van der Waals surface area contributed by atoms with E-state index in [2.05, 4.69) is 54.9 Å². The number of carbonyl (C=O) groups is 1. The molecule has 33 heavy (non-hydrogen) atoms. The third-order valence-electron chi connectivity index (χ3n) is 6.77. The molecular formula is C28H39N3O2. The maximum absolute atomic E-state index is 13.5. The van der Waals surface area contributed by atoms with Gasteiger partial charge in [0.05, 0.1) is 6.04 Å². The first-order valence-corrected chi connectivity index (χ1v) is 12.2. The van der Waals surface area contributed by atoms with Crippen molar-refractivity contribution in [2.45, 2.75) is 52.7 Å². The number of hydrogen-bond acceptors (Lipinski definition) is 4. The zero-order valence-corrected chi connectivity index (χ0v) is 20.7. The standard InChI is InChI=1S/C28H39N3O2/c1-6-9-17-31-21(4)19-30(20-22(31)5)27(23-13-12-14-24(32)18-23)25-15-10-11-16-26(25)28(33)29(7-2)8-3/h6,9-16,18,21-22,27,32H,7-8,17,19-20H2,1-5H3/b9-6-. The van der Waals surface area contributed by atoms with Crippen molar-refractivity contribution in [1.29, 1.82) is 0 Å². The average molecular weight is 450 g/mol. The van der Waals surface area contributed by atoms with E-state index in [-0.39, 0.29) is 17.7 Å². The number of benzene rings is 2. The minimum absolute atomic E-state index is 0.0635. The number of aromatic hydroxyl groups is 1. The van der Waals surface area contributed by atoms with Gasteiger partial charge in [-0.3, -0.25) is 14.6 Å². The van der Waals surface area contributed by atoms with Gasteiger partial charge in [-0.2, -0.15) is 0 Å². The van der Waals surface area contributed by atoms with Crippen molar-refractivity contribution in [2.75, 3.05) is 32.7 Å². The van der Waals surface area contributed by atoms with Crippen molar-refractivity contribution in [3.05, 3.63) is 77.4 Å². The van der Waals surface area contributed by atoms with Gasteiger partial charge in [-0.15, -0.1) is 0 Å². The molecule has 1 amide bonds. The molecule has 0 aliphatic carbocycles. The zero-order chi connectivity index (χ0) is 24.0. The Morgan fingerprint density at radius 3 is 2.36 bits per heavy atom. The van der Waals surface area contributed by atoms with Gasteiger partial charge in [-0.05, 0) is 63.9 Å². The molecule has 5 heteroatoms. The Kier molecular flexibility index (Phi) is 8.70. The van der Waals surface area contributed by atoms with Crippen molar-refractivity contribution in [3.63, 3.8) is 0 Å². The van der Waals surface area contributed by atoms with Crippen LogP contribution >= 0.6 is 0 Å². The lowest BCUT2D eigenvalue weighted by molar-refractivity contribution is 0.0319. The maximum Gasteiger partial charge on any atom is 0.254 e. The first-order chi connectivity index (χ1) is 15.9. The third-order valence-corrected chi connectivity index (χ3v) is 6.77. The van der Waals surface area contributed by atoms with E-state index in [1.807, 2.05) is 49.1 Å². The molecule has 0 aromatic heterocycles. The Morgan fingerprint density at radius 2 is 1.76 bits per heavy atom. The van der Waals surface area contributed by atoms with Gasteiger partial charge in [0.25, 0.3) is 5.91 Å². The molecule has 3 unspecified atom stereocenters. The summed E-state index contributed by atoms with van der Waals surface area (Å²) in [6.45, 7) is 14.7. The van der Waals surface area contributed by atoms with E-state index in [0.29, 0.717) is 25.2 Å². The van der Waals surface area contributed by atoms with E-state index >= 15 is 0 Å². The highest BCUT2D eigenvalue weighted by Gasteiger charge is 2.35. The molecule has 1 heterocycles. The second kappa shape index (κ2) is 11.5. The molecule has 0 bridgehead atoms. The summed E-state index contributed by atoms with van der Waals surface area (Å²) in [6, 6.07) is 16.1. The van der Waals surface area contributed by atoms with Crippen LogP contribution in [0.2, 0.25) is 0 Å². The SMILES string of the molecule is C/C=C\CN1C(C)CN(C(c2cccc(O)c2)c2ccccc2C(=O)N(CC)CC)CC1C. The summed E-state index contributed by atoms with van der Waals surface area (Å²) >= 11 is 0. The summed E-state index contributed by atoms with van der Waals surface area (Å²) in [5.41, 5.74) is 2.75. The number of hydrogen-bond donors (Lipinski definition) is 1. The van der Waals surface area contributed by atoms with Crippen LogP contribution < -0.4 is 0 Å². The minimum Gasteiger partial charge on any atom is -0.508 e. The van der Waals surface area contributed by atoms with Gasteiger partial charge in [0.1, 0.15) is 5.75 Å². The van der Waals surface area contributed by atoms with Gasteiger partial charge < -0.3 is 10.0 Å². The number of amides is 1. The van der Waals surface area contributed by atoms with E-state index in [4.69, 9.17) is 0 Å². The smallest absolute Gasteiger partial charge is 0.254 e. The molecule has 1 aliphatic rings. The molecule has 3 atom stereocenters. The molecule has 1 saturated heterocycles. The summed E-state index contributed by atoms with van der Waals surface area (Å²) in [5, 5.41) is 10.3. The maximum atomic E-state index is 13.5. The molecule has 0 saturated carbocycles. The predicted molar refractivity (Wildman–Crippen MR) is 136 cm³/mol. The zero-order valence-electron chi connectivity index (χ0n) is 20.7. The fourth-order valence-corrected chi connectivity index (χ4v) is 5.09. The summed E-state index contributed by atoms with van der Waals surface area (Å²) in [4.78, 5) is 20.3. The Morgan fingerprint density at radius 1 is 1.09 bits per heavy atom. The Balaban J connectivity index is 2.06. The van der Waals surface area contributed by atoms with Gasteiger partial charge in [-0.25, -0.2) is 0 Å². The summed E-state index contributed by atoms with van der Waals surface area (Å²) in [5.74, 6) is 0.312. The second-order valence-electron chi connectivity index (χ2n) is 8.98. The highest BCUT2D eigenvalue weighted by Crippen LogP contribution is 2.35. The van der Waals surface area contributed by atoms with Crippen molar-refractivity contribution in [2.24, 2.45) is 0 Å². The summed E-state index contributed by atoms with van der Waals surface area (Å²) < 4.78 is 0. The molecule has 1 fully saturated rings. The van der Waals surface area contributed by atoms with E-state index in [0.717, 1.165) is 36.3 Å². The van der Waals surface area contributed by atoms with E-state index < -0.39 is 0 Å². The van der Waals surface area contributed by atoms with Crippen molar-refractivity contribution >= 4 is 5.91 Å². The number of nitrogens with zero attached hydrogens (tertiary/aromatic N) is 3. The van der Waals surface area contributed by atoms with Crippen LogP contribution in [-0.2, 0) is 0 Å². The first kappa shape index (κ1) is 25.0. The topological polar surface area (TPSA) is 47.0 Å². The molecule has 178 valence electrons. The normalized spacial score (nSPS) is 20.8. The molecule has 2 aromatic rings. The molecule has 0 radical (unpaired) electrons. The van der Waals surface area contributed by atoms with Crippen LogP contribution in [0.1, 0.15) is 62.1 Å². The minimum atomic E-state index is -0.110. The van der Waals surface area contributed by atoms with Gasteiger partial charge in [-0.1, -0.05) is 42.5 Å². The van der Waals surface area contributed by atoms with Crippen LogP contribution in [0.3, 0.4) is 0 Å². The Hall–Kier alpha value is -2.63. The number of phenols is 1. The molecule has 1 aliphatic heterocycles.